The lowest BCUT2D eigenvalue weighted by Crippen LogP contribution is -2.35. The van der Waals surface area contributed by atoms with Crippen LogP contribution in [-0.4, -0.2) is 0 Å². The van der Waals surface area contributed by atoms with Crippen LogP contribution in [0.3, 0.4) is 0 Å². The van der Waals surface area contributed by atoms with Crippen molar-refractivity contribution < 1.29 is 0 Å². The minimum Gasteiger partial charge on any atom is -0.0651 e. The molecule has 1 fully saturated rings. The van der Waals surface area contributed by atoms with E-state index in [1.165, 1.54) is 19.3 Å². The first kappa shape index (κ1) is 11.1. The van der Waals surface area contributed by atoms with E-state index in [-0.39, 0.29) is 0 Å². The van der Waals surface area contributed by atoms with Crippen LogP contribution in [0.5, 0.6) is 0 Å². The van der Waals surface area contributed by atoms with Gasteiger partial charge in [-0.1, -0.05) is 47.5 Å². The second kappa shape index (κ2) is 4.48. The fourth-order valence-corrected chi connectivity index (χ4v) is 3.52. The molecule has 0 saturated heterocycles. The quantitative estimate of drug-likeness (QED) is 0.595. The summed E-state index contributed by atoms with van der Waals surface area (Å²) >= 11 is 0. The van der Waals surface area contributed by atoms with Crippen molar-refractivity contribution in [3.8, 4) is 0 Å². The van der Waals surface area contributed by atoms with Crippen molar-refractivity contribution >= 4 is 0 Å². The summed E-state index contributed by atoms with van der Waals surface area (Å²) in [5.74, 6) is 4.83. The lowest BCUT2D eigenvalue weighted by molar-refractivity contribution is 0.0604. The largest absolute Gasteiger partial charge is 0.0651 e. The van der Waals surface area contributed by atoms with Crippen LogP contribution < -0.4 is 0 Å². The Morgan fingerprint density at radius 1 is 0.923 bits per heavy atom. The Balaban J connectivity index is 2.66. The summed E-state index contributed by atoms with van der Waals surface area (Å²) in [6.45, 7) is 12.1. The molecule has 0 bridgehead atoms. The minimum atomic E-state index is 0.943. The van der Waals surface area contributed by atoms with Crippen LogP contribution in [0.1, 0.15) is 53.9 Å². The summed E-state index contributed by atoms with van der Waals surface area (Å²) in [7, 11) is 0. The van der Waals surface area contributed by atoms with Crippen molar-refractivity contribution in [2.75, 3.05) is 0 Å². The van der Waals surface area contributed by atoms with Crippen LogP contribution in [0, 0.1) is 29.6 Å². The summed E-state index contributed by atoms with van der Waals surface area (Å²) in [5.41, 5.74) is 0. The normalized spacial score (nSPS) is 46.4. The van der Waals surface area contributed by atoms with Crippen LogP contribution in [0.25, 0.3) is 0 Å². The van der Waals surface area contributed by atoms with Gasteiger partial charge in [0.25, 0.3) is 0 Å². The molecule has 1 saturated carbocycles. The summed E-state index contributed by atoms with van der Waals surface area (Å²) in [6.07, 6.45) is 4.23. The van der Waals surface area contributed by atoms with Gasteiger partial charge >= 0.3 is 0 Å². The van der Waals surface area contributed by atoms with Gasteiger partial charge in [0, 0.05) is 0 Å². The molecule has 0 amide bonds. The summed E-state index contributed by atoms with van der Waals surface area (Å²) in [5, 5.41) is 0. The number of hydrogen-bond donors (Lipinski definition) is 0. The third-order valence-corrected chi connectivity index (χ3v) is 4.65. The van der Waals surface area contributed by atoms with E-state index in [1.54, 1.807) is 0 Å². The molecule has 1 aliphatic rings. The Bertz CT molecular complexity index is 150. The molecule has 0 N–H and O–H groups in total. The van der Waals surface area contributed by atoms with Gasteiger partial charge in [-0.2, -0.15) is 0 Å². The van der Waals surface area contributed by atoms with Crippen LogP contribution >= 0.6 is 0 Å². The van der Waals surface area contributed by atoms with E-state index in [9.17, 15) is 0 Å². The maximum absolute atomic E-state index is 2.47. The first-order valence-electron chi connectivity index (χ1n) is 6.11. The van der Waals surface area contributed by atoms with Crippen molar-refractivity contribution in [3.63, 3.8) is 0 Å². The Kier molecular flexibility index (Phi) is 3.82. The second-order valence-electron chi connectivity index (χ2n) is 5.17. The maximum Gasteiger partial charge on any atom is -0.0363 e. The van der Waals surface area contributed by atoms with E-state index in [0.29, 0.717) is 0 Å². The molecule has 0 spiro atoms. The fourth-order valence-electron chi connectivity index (χ4n) is 3.52. The standard InChI is InChI=1S/C13H26/c1-6-12-8-9(3)13(7-2)11(5)10(12)4/h9-13H,6-8H2,1-5H3. The minimum absolute atomic E-state index is 0.943. The van der Waals surface area contributed by atoms with E-state index >= 15 is 0 Å². The highest BCUT2D eigenvalue weighted by molar-refractivity contribution is 4.85. The Morgan fingerprint density at radius 2 is 1.54 bits per heavy atom. The topological polar surface area (TPSA) is 0 Å². The Hall–Kier alpha value is 0. The molecule has 1 aliphatic carbocycles. The molecule has 1 rings (SSSR count). The van der Waals surface area contributed by atoms with Crippen LogP contribution in [-0.2, 0) is 0 Å². The molecule has 0 heteroatoms. The maximum atomic E-state index is 2.47. The van der Waals surface area contributed by atoms with Gasteiger partial charge in [0.15, 0.2) is 0 Å². The third kappa shape index (κ3) is 2.08. The fraction of sp³-hybridized carbons (Fsp3) is 1.00. The van der Waals surface area contributed by atoms with Crippen LogP contribution in [0.4, 0.5) is 0 Å². The van der Waals surface area contributed by atoms with Gasteiger partial charge in [-0.15, -0.1) is 0 Å². The van der Waals surface area contributed by atoms with E-state index in [0.717, 1.165) is 29.6 Å². The van der Waals surface area contributed by atoms with Gasteiger partial charge in [-0.3, -0.25) is 0 Å². The van der Waals surface area contributed by atoms with Crippen molar-refractivity contribution in [1.82, 2.24) is 0 Å². The van der Waals surface area contributed by atoms with Crippen molar-refractivity contribution in [3.05, 3.63) is 0 Å². The highest BCUT2D eigenvalue weighted by Gasteiger charge is 2.36. The zero-order valence-corrected chi connectivity index (χ0v) is 10.0. The molecule has 0 aromatic rings. The summed E-state index contributed by atoms with van der Waals surface area (Å²) < 4.78 is 0. The lowest BCUT2D eigenvalue weighted by atomic mass is 9.62. The third-order valence-electron chi connectivity index (χ3n) is 4.65. The van der Waals surface area contributed by atoms with Crippen molar-refractivity contribution in [2.24, 2.45) is 29.6 Å². The molecular weight excluding hydrogens is 156 g/mol. The van der Waals surface area contributed by atoms with Crippen molar-refractivity contribution in [1.29, 1.82) is 0 Å². The molecule has 0 aromatic heterocycles. The molecule has 13 heavy (non-hydrogen) atoms. The first-order valence-corrected chi connectivity index (χ1v) is 6.11. The second-order valence-corrected chi connectivity index (χ2v) is 5.17. The monoisotopic (exact) mass is 182 g/mol. The predicted octanol–water partition coefficient (Wildman–Crippen LogP) is 4.35. The number of hydrogen-bond acceptors (Lipinski definition) is 0. The van der Waals surface area contributed by atoms with E-state index < -0.39 is 0 Å². The van der Waals surface area contributed by atoms with Gasteiger partial charge in [0.2, 0.25) is 0 Å². The molecule has 0 aliphatic heterocycles. The lowest BCUT2D eigenvalue weighted by Gasteiger charge is -2.43. The van der Waals surface area contributed by atoms with Gasteiger partial charge < -0.3 is 0 Å². The van der Waals surface area contributed by atoms with Crippen LogP contribution in [0.2, 0.25) is 0 Å². The number of rotatable bonds is 2. The molecular formula is C13H26. The smallest absolute Gasteiger partial charge is 0.0363 e. The average molecular weight is 182 g/mol. The van der Waals surface area contributed by atoms with Crippen molar-refractivity contribution in [2.45, 2.75) is 53.9 Å². The van der Waals surface area contributed by atoms with E-state index in [1.807, 2.05) is 0 Å². The molecule has 0 radical (unpaired) electrons. The summed E-state index contributed by atoms with van der Waals surface area (Å²) in [4.78, 5) is 0. The Labute approximate surface area is 84.1 Å². The highest BCUT2D eigenvalue weighted by Crippen LogP contribution is 2.44. The summed E-state index contributed by atoms with van der Waals surface area (Å²) in [6, 6.07) is 0. The Morgan fingerprint density at radius 3 is 2.00 bits per heavy atom. The van der Waals surface area contributed by atoms with E-state index in [2.05, 4.69) is 34.6 Å². The predicted molar refractivity (Wildman–Crippen MR) is 59.7 cm³/mol. The zero-order valence-electron chi connectivity index (χ0n) is 10.0. The zero-order chi connectivity index (χ0) is 10.0. The molecule has 0 nitrogen and oxygen atoms in total. The van der Waals surface area contributed by atoms with Gasteiger partial charge in [-0.25, -0.2) is 0 Å². The van der Waals surface area contributed by atoms with Gasteiger partial charge in [-0.05, 0) is 36.0 Å². The highest BCUT2D eigenvalue weighted by atomic mass is 14.4. The SMILES string of the molecule is CCC1CC(C)C(CC)C(C)C1C. The molecule has 5 unspecified atom stereocenters. The van der Waals surface area contributed by atoms with Gasteiger partial charge in [0.1, 0.15) is 0 Å². The molecule has 0 aromatic carbocycles. The molecule has 5 atom stereocenters. The first-order chi connectivity index (χ1) is 6.11. The van der Waals surface area contributed by atoms with E-state index in [4.69, 9.17) is 0 Å². The van der Waals surface area contributed by atoms with Crippen LogP contribution in [0.15, 0.2) is 0 Å². The average Bonchev–Trinajstić information content (AvgIpc) is 2.12. The molecule has 0 heterocycles. The van der Waals surface area contributed by atoms with Gasteiger partial charge in [0.05, 0.1) is 0 Å². The molecule has 78 valence electrons.